The second-order valence-electron chi connectivity index (χ2n) is 3.11. The van der Waals surface area contributed by atoms with Gasteiger partial charge < -0.3 is 5.32 Å². The lowest BCUT2D eigenvalue weighted by atomic mass is 10.3. The molecule has 1 atom stereocenters. The second kappa shape index (κ2) is 4.35. The molecule has 2 heterocycles. The molecule has 5 heteroatoms. The number of aromatic nitrogens is 2. The third-order valence-electron chi connectivity index (χ3n) is 1.94. The summed E-state index contributed by atoms with van der Waals surface area (Å²) in [5, 5.41) is 5.11. The first-order valence-corrected chi connectivity index (χ1v) is 5.41. The van der Waals surface area contributed by atoms with Crippen LogP contribution < -0.4 is 5.32 Å². The molecule has 0 aliphatic rings. The quantitative estimate of drug-likeness (QED) is 0.869. The van der Waals surface area contributed by atoms with Crippen molar-refractivity contribution in [3.05, 3.63) is 40.6 Å². The number of halogens is 1. The number of hydrogen-bond acceptors (Lipinski definition) is 4. The molecule has 0 aliphatic carbocycles. The first-order chi connectivity index (χ1) is 7.25. The Bertz CT molecular complexity index is 413. The number of nitrogens with zero attached hydrogens (tertiary/aromatic N) is 2. The van der Waals surface area contributed by atoms with Gasteiger partial charge in [-0.1, -0.05) is 6.07 Å². The fourth-order valence-electron chi connectivity index (χ4n) is 1.19. The van der Waals surface area contributed by atoms with Crippen LogP contribution in [0.5, 0.6) is 0 Å². The van der Waals surface area contributed by atoms with Crippen LogP contribution in [-0.4, -0.2) is 9.97 Å². The largest absolute Gasteiger partial charge is 0.347 e. The van der Waals surface area contributed by atoms with Gasteiger partial charge in [0.15, 0.2) is 5.82 Å². The van der Waals surface area contributed by atoms with E-state index in [9.17, 15) is 4.39 Å². The Labute approximate surface area is 91.0 Å². The van der Waals surface area contributed by atoms with Crippen LogP contribution in [0, 0.1) is 5.82 Å². The van der Waals surface area contributed by atoms with E-state index in [2.05, 4.69) is 15.3 Å². The summed E-state index contributed by atoms with van der Waals surface area (Å²) in [7, 11) is 0. The van der Waals surface area contributed by atoms with Crippen LogP contribution in [-0.2, 0) is 0 Å². The Morgan fingerprint density at radius 2 is 2.13 bits per heavy atom. The molecule has 2 rings (SSSR count). The van der Waals surface area contributed by atoms with Gasteiger partial charge in [0, 0.05) is 4.88 Å². The number of hydrogen-bond donors (Lipinski definition) is 1. The average Bonchev–Trinajstić information content (AvgIpc) is 2.74. The molecule has 2 aromatic rings. The number of anilines is 1. The molecule has 0 fully saturated rings. The van der Waals surface area contributed by atoms with Gasteiger partial charge in [-0.15, -0.1) is 11.3 Å². The van der Waals surface area contributed by atoms with Crippen molar-refractivity contribution in [2.75, 3.05) is 5.32 Å². The molecule has 0 saturated heterocycles. The molecular formula is C10H10FN3S. The van der Waals surface area contributed by atoms with E-state index >= 15 is 0 Å². The number of thiophene rings is 1. The molecule has 1 N–H and O–H groups in total. The summed E-state index contributed by atoms with van der Waals surface area (Å²) >= 11 is 1.66. The average molecular weight is 223 g/mol. The summed E-state index contributed by atoms with van der Waals surface area (Å²) < 4.78 is 12.5. The van der Waals surface area contributed by atoms with Crippen molar-refractivity contribution >= 4 is 17.3 Å². The highest BCUT2D eigenvalue weighted by atomic mass is 32.1. The Morgan fingerprint density at radius 3 is 2.73 bits per heavy atom. The summed E-state index contributed by atoms with van der Waals surface area (Å²) in [4.78, 5) is 8.87. The highest BCUT2D eigenvalue weighted by Crippen LogP contribution is 2.20. The molecule has 0 saturated carbocycles. The zero-order valence-corrected chi connectivity index (χ0v) is 8.96. The first-order valence-electron chi connectivity index (χ1n) is 4.53. The van der Waals surface area contributed by atoms with Crippen molar-refractivity contribution in [2.24, 2.45) is 0 Å². The maximum atomic E-state index is 12.5. The molecular weight excluding hydrogens is 213 g/mol. The highest BCUT2D eigenvalue weighted by Gasteiger charge is 2.07. The monoisotopic (exact) mass is 223 g/mol. The predicted molar refractivity (Wildman–Crippen MR) is 58.3 cm³/mol. The van der Waals surface area contributed by atoms with Crippen molar-refractivity contribution in [3.63, 3.8) is 0 Å². The van der Waals surface area contributed by atoms with Gasteiger partial charge in [0.05, 0.1) is 18.4 Å². The Balaban J connectivity index is 2.06. The Hall–Kier alpha value is -1.49. The van der Waals surface area contributed by atoms with Gasteiger partial charge in [-0.05, 0) is 18.4 Å². The molecule has 0 spiro atoms. The van der Waals surface area contributed by atoms with Crippen LogP contribution in [0.3, 0.4) is 0 Å². The minimum absolute atomic E-state index is 0.135. The van der Waals surface area contributed by atoms with Gasteiger partial charge in [-0.3, -0.25) is 0 Å². The van der Waals surface area contributed by atoms with Crippen LogP contribution >= 0.6 is 11.3 Å². The van der Waals surface area contributed by atoms with Crippen molar-refractivity contribution in [1.29, 1.82) is 0 Å². The zero-order chi connectivity index (χ0) is 10.7. The van der Waals surface area contributed by atoms with Crippen molar-refractivity contribution in [1.82, 2.24) is 9.97 Å². The van der Waals surface area contributed by atoms with Crippen molar-refractivity contribution in [3.8, 4) is 0 Å². The highest BCUT2D eigenvalue weighted by molar-refractivity contribution is 7.10. The molecule has 3 nitrogen and oxygen atoms in total. The lowest BCUT2D eigenvalue weighted by molar-refractivity contribution is 0.613. The van der Waals surface area contributed by atoms with Gasteiger partial charge in [-0.25, -0.2) is 14.4 Å². The molecule has 0 bridgehead atoms. The van der Waals surface area contributed by atoms with Crippen molar-refractivity contribution < 1.29 is 4.39 Å². The molecule has 78 valence electrons. The van der Waals surface area contributed by atoms with Crippen LogP contribution in [0.15, 0.2) is 29.9 Å². The van der Waals surface area contributed by atoms with Crippen LogP contribution in [0.1, 0.15) is 17.8 Å². The third-order valence-corrected chi connectivity index (χ3v) is 2.99. The normalized spacial score (nSPS) is 12.4. The van der Waals surface area contributed by atoms with E-state index in [0.717, 1.165) is 12.4 Å². The fourth-order valence-corrected chi connectivity index (χ4v) is 1.92. The van der Waals surface area contributed by atoms with E-state index < -0.39 is 5.82 Å². The molecule has 0 amide bonds. The molecule has 0 aliphatic heterocycles. The Morgan fingerprint density at radius 1 is 1.40 bits per heavy atom. The van der Waals surface area contributed by atoms with E-state index in [1.807, 2.05) is 24.4 Å². The first kappa shape index (κ1) is 10.0. The van der Waals surface area contributed by atoms with Crippen LogP contribution in [0.4, 0.5) is 10.3 Å². The Kier molecular flexibility index (Phi) is 2.91. The lowest BCUT2D eigenvalue weighted by Gasteiger charge is -2.11. The zero-order valence-electron chi connectivity index (χ0n) is 8.14. The smallest absolute Gasteiger partial charge is 0.223 e. The van der Waals surface area contributed by atoms with Gasteiger partial charge in [-0.2, -0.15) is 0 Å². The third kappa shape index (κ3) is 2.50. The number of nitrogens with one attached hydrogen (secondary N) is 1. The maximum Gasteiger partial charge on any atom is 0.223 e. The molecule has 0 radical (unpaired) electrons. The van der Waals surface area contributed by atoms with E-state index in [0.29, 0.717) is 5.95 Å². The van der Waals surface area contributed by atoms with Gasteiger partial charge >= 0.3 is 0 Å². The SMILES string of the molecule is CC(Nc1ncc(F)cn1)c1cccs1. The summed E-state index contributed by atoms with van der Waals surface area (Å²) in [6.45, 7) is 2.01. The van der Waals surface area contributed by atoms with E-state index in [-0.39, 0.29) is 6.04 Å². The van der Waals surface area contributed by atoms with Crippen LogP contribution in [0.2, 0.25) is 0 Å². The predicted octanol–water partition coefficient (Wildman–Crippen LogP) is 2.85. The maximum absolute atomic E-state index is 12.5. The standard InChI is InChI=1S/C10H10FN3S/c1-7(9-3-2-4-15-9)14-10-12-5-8(11)6-13-10/h2-7H,1H3,(H,12,13,14). The van der Waals surface area contributed by atoms with Crippen LogP contribution in [0.25, 0.3) is 0 Å². The summed E-state index contributed by atoms with van der Waals surface area (Å²) in [6, 6.07) is 4.16. The second-order valence-corrected chi connectivity index (χ2v) is 4.09. The molecule has 2 aromatic heterocycles. The minimum atomic E-state index is -0.427. The molecule has 0 aromatic carbocycles. The summed E-state index contributed by atoms with van der Waals surface area (Å²) in [5.74, 6) is 0.0154. The number of rotatable bonds is 3. The minimum Gasteiger partial charge on any atom is -0.347 e. The summed E-state index contributed by atoms with van der Waals surface area (Å²) in [5.41, 5.74) is 0. The van der Waals surface area contributed by atoms with Gasteiger partial charge in [0.25, 0.3) is 0 Å². The van der Waals surface area contributed by atoms with E-state index in [4.69, 9.17) is 0 Å². The summed E-state index contributed by atoms with van der Waals surface area (Å²) in [6.07, 6.45) is 2.30. The van der Waals surface area contributed by atoms with Crippen molar-refractivity contribution in [2.45, 2.75) is 13.0 Å². The van der Waals surface area contributed by atoms with E-state index in [1.54, 1.807) is 11.3 Å². The fraction of sp³-hybridized carbons (Fsp3) is 0.200. The van der Waals surface area contributed by atoms with Gasteiger partial charge in [0.1, 0.15) is 0 Å². The molecule has 1 unspecified atom stereocenters. The topological polar surface area (TPSA) is 37.8 Å². The molecule has 15 heavy (non-hydrogen) atoms. The lowest BCUT2D eigenvalue weighted by Crippen LogP contribution is -2.07. The van der Waals surface area contributed by atoms with Gasteiger partial charge in [0.2, 0.25) is 5.95 Å². The van der Waals surface area contributed by atoms with E-state index in [1.165, 1.54) is 4.88 Å².